The molecule has 0 amide bonds. The molecule has 2 unspecified atom stereocenters. The van der Waals surface area contributed by atoms with Gasteiger partial charge in [-0.05, 0) is 12.8 Å². The van der Waals surface area contributed by atoms with Crippen LogP contribution in [0.2, 0.25) is 0 Å². The molecule has 0 fully saturated rings. The van der Waals surface area contributed by atoms with Crippen LogP contribution in [0.3, 0.4) is 0 Å². The molecular formula is C20H40MgO7S. The molecule has 0 spiro atoms. The van der Waals surface area contributed by atoms with Crippen LogP contribution in [0.25, 0.3) is 0 Å². The molecule has 0 rings (SSSR count). The molecule has 0 aromatic rings. The van der Waals surface area contributed by atoms with Gasteiger partial charge in [0.15, 0.2) is 0 Å². The molecule has 0 bridgehead atoms. The molecule has 0 heterocycles. The first-order valence-corrected chi connectivity index (χ1v) is 12.0. The Morgan fingerprint density at radius 2 is 1.21 bits per heavy atom. The van der Waals surface area contributed by atoms with Gasteiger partial charge in [-0.2, -0.15) is 8.42 Å². The zero-order chi connectivity index (χ0) is 21.6. The molecule has 7 nitrogen and oxygen atoms in total. The van der Waals surface area contributed by atoms with Gasteiger partial charge in [0.05, 0.1) is 5.92 Å². The van der Waals surface area contributed by atoms with Crippen molar-refractivity contribution in [2.24, 2.45) is 5.92 Å². The number of hydrogen-bond donors (Lipinski definition) is 3. The Morgan fingerprint density at radius 1 is 0.793 bits per heavy atom. The molecule has 0 aliphatic carbocycles. The van der Waals surface area contributed by atoms with E-state index in [1.165, 1.54) is 0 Å². The number of unbranched alkanes of at least 4 members (excludes halogenated alkanes) is 10. The molecule has 0 aromatic heterocycles. The Labute approximate surface area is 191 Å². The maximum atomic E-state index is 12.1. The normalized spacial score (nSPS) is 14.6. The molecule has 0 saturated heterocycles. The van der Waals surface area contributed by atoms with E-state index in [9.17, 15) is 32.8 Å². The predicted molar refractivity (Wildman–Crippen MR) is 118 cm³/mol. The highest BCUT2D eigenvalue weighted by atomic mass is 32.2. The van der Waals surface area contributed by atoms with E-state index in [4.69, 9.17) is 0 Å². The lowest BCUT2D eigenvalue weighted by Gasteiger charge is -2.32. The van der Waals surface area contributed by atoms with Gasteiger partial charge in [0.2, 0.25) is 4.75 Å². The average Bonchev–Trinajstić information content (AvgIpc) is 2.60. The summed E-state index contributed by atoms with van der Waals surface area (Å²) < 4.78 is 31.3. The van der Waals surface area contributed by atoms with Crippen LogP contribution < -0.4 is 0 Å². The summed E-state index contributed by atoms with van der Waals surface area (Å²) in [6, 6.07) is 0. The van der Waals surface area contributed by atoms with Gasteiger partial charge in [0.1, 0.15) is 0 Å². The number of hydrogen-bond acceptors (Lipinski definition) is 4. The van der Waals surface area contributed by atoms with Crippen LogP contribution in [0.15, 0.2) is 0 Å². The summed E-state index contributed by atoms with van der Waals surface area (Å²) in [6.45, 7) is 4.14. The Morgan fingerprint density at radius 3 is 1.59 bits per heavy atom. The van der Waals surface area contributed by atoms with Crippen molar-refractivity contribution in [3.05, 3.63) is 0 Å². The third-order valence-electron chi connectivity index (χ3n) is 5.43. The molecule has 0 saturated carbocycles. The van der Waals surface area contributed by atoms with E-state index in [0.717, 1.165) is 51.4 Å². The SMILES string of the molecule is CCCCCCCCC(C(=O)O)C(CCCCCCCC)(C(=O)O)S(=O)(=O)O.[MgH2]. The Kier molecular flexibility index (Phi) is 17.3. The second kappa shape index (κ2) is 16.3. The van der Waals surface area contributed by atoms with Crippen LogP contribution in [0.5, 0.6) is 0 Å². The van der Waals surface area contributed by atoms with Crippen LogP contribution in [-0.2, 0) is 19.7 Å². The van der Waals surface area contributed by atoms with E-state index < -0.39 is 32.7 Å². The molecule has 0 aliphatic rings. The van der Waals surface area contributed by atoms with Crippen LogP contribution in [0.1, 0.15) is 104 Å². The van der Waals surface area contributed by atoms with Crippen molar-refractivity contribution < 1.29 is 32.8 Å². The quantitative estimate of drug-likeness (QED) is 0.164. The molecule has 0 aliphatic heterocycles. The third kappa shape index (κ3) is 10.5. The maximum absolute atomic E-state index is 12.1. The second-order valence-corrected chi connectivity index (χ2v) is 9.31. The monoisotopic (exact) mass is 448 g/mol. The van der Waals surface area contributed by atoms with E-state index in [1.807, 2.05) is 0 Å². The van der Waals surface area contributed by atoms with Crippen molar-refractivity contribution in [2.75, 3.05) is 0 Å². The first-order valence-electron chi connectivity index (χ1n) is 10.6. The number of aliphatic carboxylic acids is 2. The zero-order valence-electron chi connectivity index (χ0n) is 17.4. The minimum Gasteiger partial charge on any atom is -0.481 e. The third-order valence-corrected chi connectivity index (χ3v) is 7.02. The zero-order valence-corrected chi connectivity index (χ0v) is 18.2. The standard InChI is InChI=1S/C20H38O7S.Mg.2H/c1-3-5-7-9-11-13-15-17(18(21)22)20(19(23)24,28(25,26)27)16-14-12-10-8-6-4-2;;;/h17H,3-16H2,1-2H3,(H,21,22)(H,23,24)(H,25,26,27);;;. The lowest BCUT2D eigenvalue weighted by Crippen LogP contribution is -2.55. The molecule has 170 valence electrons. The van der Waals surface area contributed by atoms with Gasteiger partial charge in [-0.25, -0.2) is 0 Å². The molecule has 9 heteroatoms. The van der Waals surface area contributed by atoms with Gasteiger partial charge in [0.25, 0.3) is 10.1 Å². The van der Waals surface area contributed by atoms with Gasteiger partial charge in [-0.3, -0.25) is 14.1 Å². The molecule has 3 N–H and O–H groups in total. The minimum atomic E-state index is -5.10. The maximum Gasteiger partial charge on any atom is 0.328 e. The van der Waals surface area contributed by atoms with Crippen molar-refractivity contribution in [3.8, 4) is 0 Å². The number of carbonyl (C=O) groups is 2. The van der Waals surface area contributed by atoms with Gasteiger partial charge in [-0.1, -0.05) is 90.9 Å². The topological polar surface area (TPSA) is 129 Å². The average molecular weight is 449 g/mol. The highest BCUT2D eigenvalue weighted by Gasteiger charge is 2.58. The molecule has 29 heavy (non-hydrogen) atoms. The van der Waals surface area contributed by atoms with Crippen LogP contribution in [0, 0.1) is 5.92 Å². The fourth-order valence-electron chi connectivity index (χ4n) is 3.70. The summed E-state index contributed by atoms with van der Waals surface area (Å²) in [5.41, 5.74) is 0. The first-order chi connectivity index (χ1) is 13.1. The van der Waals surface area contributed by atoms with Gasteiger partial charge < -0.3 is 10.2 Å². The van der Waals surface area contributed by atoms with Gasteiger partial charge in [-0.15, -0.1) is 0 Å². The van der Waals surface area contributed by atoms with E-state index in [-0.39, 0.29) is 42.3 Å². The van der Waals surface area contributed by atoms with Crippen molar-refractivity contribution in [2.45, 2.75) is 108 Å². The summed E-state index contributed by atoms with van der Waals surface area (Å²) in [7, 11) is -5.10. The molecular weight excluding hydrogens is 409 g/mol. The fourth-order valence-corrected chi connectivity index (χ4v) is 4.90. The Balaban J connectivity index is 0. The molecule has 2 atom stereocenters. The largest absolute Gasteiger partial charge is 0.481 e. The minimum absolute atomic E-state index is 0. The summed E-state index contributed by atoms with van der Waals surface area (Å²) in [6.07, 6.45) is 9.43. The number of carboxylic acid groups (broad SMARTS) is 2. The lowest BCUT2D eigenvalue weighted by atomic mass is 9.82. The van der Waals surface area contributed by atoms with Crippen LogP contribution >= 0.6 is 0 Å². The van der Waals surface area contributed by atoms with Crippen molar-refractivity contribution in [1.29, 1.82) is 0 Å². The Bertz CT molecular complexity index is 565. The summed E-state index contributed by atoms with van der Waals surface area (Å²) >= 11 is 0. The highest BCUT2D eigenvalue weighted by molar-refractivity contribution is 7.88. The molecule has 0 aromatic carbocycles. The highest BCUT2D eigenvalue weighted by Crippen LogP contribution is 2.36. The van der Waals surface area contributed by atoms with Crippen LogP contribution in [0.4, 0.5) is 0 Å². The van der Waals surface area contributed by atoms with E-state index in [1.54, 1.807) is 0 Å². The smallest absolute Gasteiger partial charge is 0.328 e. The van der Waals surface area contributed by atoms with Crippen LogP contribution in [-0.4, -0.2) is 62.9 Å². The Hall–Kier alpha value is -0.384. The predicted octanol–water partition coefficient (Wildman–Crippen LogP) is 3.98. The summed E-state index contributed by atoms with van der Waals surface area (Å²) in [5, 5.41) is 19.3. The number of carboxylic acids is 2. The second-order valence-electron chi connectivity index (χ2n) is 7.63. The first kappa shape index (κ1) is 30.8. The van der Waals surface area contributed by atoms with Gasteiger partial charge >= 0.3 is 35.0 Å². The molecule has 0 radical (unpaired) electrons. The van der Waals surface area contributed by atoms with E-state index in [0.29, 0.717) is 19.3 Å². The summed E-state index contributed by atoms with van der Waals surface area (Å²) in [5.74, 6) is -4.93. The van der Waals surface area contributed by atoms with E-state index in [2.05, 4.69) is 13.8 Å². The van der Waals surface area contributed by atoms with Crippen molar-refractivity contribution in [1.82, 2.24) is 0 Å². The van der Waals surface area contributed by atoms with E-state index >= 15 is 0 Å². The lowest BCUT2D eigenvalue weighted by molar-refractivity contribution is -0.152. The van der Waals surface area contributed by atoms with Crippen molar-refractivity contribution >= 4 is 45.1 Å². The number of rotatable bonds is 18. The fraction of sp³-hybridized carbons (Fsp3) is 0.900. The van der Waals surface area contributed by atoms with Crippen molar-refractivity contribution in [3.63, 3.8) is 0 Å². The summed E-state index contributed by atoms with van der Waals surface area (Å²) in [4.78, 5) is 23.8. The van der Waals surface area contributed by atoms with Gasteiger partial charge in [0, 0.05) is 0 Å².